The van der Waals surface area contributed by atoms with E-state index < -0.39 is 9.84 Å². The van der Waals surface area contributed by atoms with Crippen LogP contribution in [0.5, 0.6) is 5.75 Å². The van der Waals surface area contributed by atoms with Crippen LogP contribution in [0, 0.1) is 0 Å². The van der Waals surface area contributed by atoms with Crippen LogP contribution < -0.4 is 4.74 Å². The second-order valence-corrected chi connectivity index (χ2v) is 7.47. The summed E-state index contributed by atoms with van der Waals surface area (Å²) in [5, 5.41) is 0. The van der Waals surface area contributed by atoms with Gasteiger partial charge in [-0.15, -0.1) is 0 Å². The standard InChI is InChI=1S/C15H20O4S/c1-2-20(17,18)11-5-10-19-15-9-4-6-12-13(15)7-3-8-14(12)16/h4,6,9H,2-3,5,7-8,10-11H2,1H3. The Labute approximate surface area is 120 Å². The van der Waals surface area contributed by atoms with Crippen LogP contribution in [-0.4, -0.2) is 32.3 Å². The molecule has 4 nitrogen and oxygen atoms in total. The predicted molar refractivity (Wildman–Crippen MR) is 78.2 cm³/mol. The number of benzene rings is 1. The molecule has 0 atom stereocenters. The lowest BCUT2D eigenvalue weighted by atomic mass is 9.90. The highest BCUT2D eigenvalue weighted by molar-refractivity contribution is 7.91. The van der Waals surface area contributed by atoms with Crippen LogP contribution >= 0.6 is 0 Å². The molecule has 1 aromatic carbocycles. The first-order chi connectivity index (χ1) is 9.53. The van der Waals surface area contributed by atoms with Crippen molar-refractivity contribution in [2.24, 2.45) is 0 Å². The Morgan fingerprint density at radius 1 is 1.25 bits per heavy atom. The highest BCUT2D eigenvalue weighted by Gasteiger charge is 2.20. The second kappa shape index (κ2) is 6.39. The molecule has 20 heavy (non-hydrogen) atoms. The summed E-state index contributed by atoms with van der Waals surface area (Å²) in [5.41, 5.74) is 1.73. The van der Waals surface area contributed by atoms with Crippen LogP contribution in [0.4, 0.5) is 0 Å². The summed E-state index contributed by atoms with van der Waals surface area (Å²) in [7, 11) is -2.93. The number of ether oxygens (including phenoxy) is 1. The molecule has 0 fully saturated rings. The first-order valence-electron chi connectivity index (χ1n) is 7.02. The second-order valence-electron chi connectivity index (χ2n) is 5.00. The fraction of sp³-hybridized carbons (Fsp3) is 0.533. The number of hydrogen-bond donors (Lipinski definition) is 0. The van der Waals surface area contributed by atoms with Crippen LogP contribution in [0.3, 0.4) is 0 Å². The molecule has 5 heteroatoms. The molecule has 0 radical (unpaired) electrons. The summed E-state index contributed by atoms with van der Waals surface area (Å²) < 4.78 is 28.4. The Morgan fingerprint density at radius 2 is 2.05 bits per heavy atom. The number of hydrogen-bond acceptors (Lipinski definition) is 4. The van der Waals surface area contributed by atoms with Gasteiger partial charge in [0.25, 0.3) is 0 Å². The maximum atomic E-state index is 11.8. The van der Waals surface area contributed by atoms with E-state index in [-0.39, 0.29) is 17.3 Å². The molecule has 1 aromatic rings. The predicted octanol–water partition coefficient (Wildman–Crippen LogP) is 2.41. The Kier molecular flexibility index (Phi) is 4.81. The average molecular weight is 296 g/mol. The third-order valence-corrected chi connectivity index (χ3v) is 5.35. The Morgan fingerprint density at radius 3 is 2.80 bits per heavy atom. The summed E-state index contributed by atoms with van der Waals surface area (Å²) in [4.78, 5) is 11.8. The molecule has 0 bridgehead atoms. The summed E-state index contributed by atoms with van der Waals surface area (Å²) in [6, 6.07) is 5.51. The molecule has 2 rings (SSSR count). The fourth-order valence-corrected chi connectivity index (χ4v) is 3.23. The smallest absolute Gasteiger partial charge is 0.163 e. The third-order valence-electron chi connectivity index (χ3n) is 3.56. The van der Waals surface area contributed by atoms with E-state index in [1.54, 1.807) is 6.92 Å². The number of rotatable bonds is 6. The maximum Gasteiger partial charge on any atom is 0.163 e. The van der Waals surface area contributed by atoms with Gasteiger partial charge in [0, 0.05) is 23.3 Å². The highest BCUT2D eigenvalue weighted by Crippen LogP contribution is 2.29. The van der Waals surface area contributed by atoms with Gasteiger partial charge in [-0.05, 0) is 25.3 Å². The van der Waals surface area contributed by atoms with E-state index in [1.165, 1.54) is 0 Å². The van der Waals surface area contributed by atoms with Crippen molar-refractivity contribution in [2.75, 3.05) is 18.1 Å². The largest absolute Gasteiger partial charge is 0.493 e. The topological polar surface area (TPSA) is 60.4 Å². The fourth-order valence-electron chi connectivity index (χ4n) is 2.39. The lowest BCUT2D eigenvalue weighted by Crippen LogP contribution is -2.14. The zero-order valence-corrected chi connectivity index (χ0v) is 12.5. The average Bonchev–Trinajstić information content (AvgIpc) is 2.44. The first-order valence-corrected chi connectivity index (χ1v) is 8.84. The first kappa shape index (κ1) is 15.0. The van der Waals surface area contributed by atoms with Crippen LogP contribution in [0.15, 0.2) is 18.2 Å². The molecule has 0 spiro atoms. The van der Waals surface area contributed by atoms with Crippen molar-refractivity contribution in [3.63, 3.8) is 0 Å². The molecule has 0 heterocycles. The zero-order chi connectivity index (χ0) is 14.6. The molecular weight excluding hydrogens is 276 g/mol. The van der Waals surface area contributed by atoms with Crippen molar-refractivity contribution < 1.29 is 17.9 Å². The molecule has 1 aliphatic carbocycles. The van der Waals surface area contributed by atoms with E-state index in [1.807, 2.05) is 18.2 Å². The molecule has 0 unspecified atom stereocenters. The van der Waals surface area contributed by atoms with E-state index in [9.17, 15) is 13.2 Å². The van der Waals surface area contributed by atoms with Gasteiger partial charge in [0.05, 0.1) is 12.4 Å². The van der Waals surface area contributed by atoms with Gasteiger partial charge in [-0.1, -0.05) is 19.1 Å². The number of fused-ring (bicyclic) bond motifs is 1. The highest BCUT2D eigenvalue weighted by atomic mass is 32.2. The number of sulfone groups is 1. The van der Waals surface area contributed by atoms with Crippen molar-refractivity contribution in [1.82, 2.24) is 0 Å². The Balaban J connectivity index is 1.97. The molecule has 0 N–H and O–H groups in total. The van der Waals surface area contributed by atoms with Gasteiger partial charge in [-0.2, -0.15) is 0 Å². The number of ketones is 1. The minimum absolute atomic E-state index is 0.150. The summed E-state index contributed by atoms with van der Waals surface area (Å²) in [5.74, 6) is 1.22. The molecule has 0 saturated carbocycles. The van der Waals surface area contributed by atoms with Gasteiger partial charge < -0.3 is 4.74 Å². The summed E-state index contributed by atoms with van der Waals surface area (Å²) in [6.07, 6.45) is 2.79. The van der Waals surface area contributed by atoms with Gasteiger partial charge in [-0.3, -0.25) is 4.79 Å². The molecule has 0 aliphatic heterocycles. The third kappa shape index (κ3) is 3.60. The summed E-state index contributed by atoms with van der Waals surface area (Å²) >= 11 is 0. The van der Waals surface area contributed by atoms with E-state index >= 15 is 0 Å². The molecule has 110 valence electrons. The van der Waals surface area contributed by atoms with Gasteiger partial charge in [0.15, 0.2) is 5.78 Å². The minimum atomic E-state index is -2.93. The van der Waals surface area contributed by atoms with Gasteiger partial charge in [-0.25, -0.2) is 8.42 Å². The quantitative estimate of drug-likeness (QED) is 0.756. The van der Waals surface area contributed by atoms with Crippen molar-refractivity contribution in [3.8, 4) is 5.75 Å². The van der Waals surface area contributed by atoms with Crippen LogP contribution in [0.2, 0.25) is 0 Å². The van der Waals surface area contributed by atoms with Crippen molar-refractivity contribution in [1.29, 1.82) is 0 Å². The van der Waals surface area contributed by atoms with E-state index in [0.717, 1.165) is 29.7 Å². The number of Topliss-reactive ketones (excluding diaryl/α,β-unsaturated/α-hetero) is 1. The molecule has 0 amide bonds. The normalized spacial score (nSPS) is 14.9. The van der Waals surface area contributed by atoms with Crippen molar-refractivity contribution >= 4 is 15.6 Å². The van der Waals surface area contributed by atoms with Crippen LogP contribution in [-0.2, 0) is 16.3 Å². The van der Waals surface area contributed by atoms with E-state index in [2.05, 4.69) is 0 Å². The lowest BCUT2D eigenvalue weighted by Gasteiger charge is -2.18. The van der Waals surface area contributed by atoms with Gasteiger partial charge in [0.2, 0.25) is 0 Å². The Hall–Kier alpha value is -1.36. The molecule has 0 aromatic heterocycles. The molecule has 1 aliphatic rings. The van der Waals surface area contributed by atoms with E-state index in [0.29, 0.717) is 19.4 Å². The van der Waals surface area contributed by atoms with Gasteiger partial charge in [0.1, 0.15) is 15.6 Å². The number of carbonyl (C=O) groups excluding carboxylic acids is 1. The summed E-state index contributed by atoms with van der Waals surface area (Å²) in [6.45, 7) is 2.01. The molecular formula is C15H20O4S. The maximum absolute atomic E-state index is 11.8. The van der Waals surface area contributed by atoms with Crippen LogP contribution in [0.1, 0.15) is 42.1 Å². The van der Waals surface area contributed by atoms with Crippen molar-refractivity contribution in [3.05, 3.63) is 29.3 Å². The SMILES string of the molecule is CCS(=O)(=O)CCCOc1cccc2c1CCCC2=O. The van der Waals surface area contributed by atoms with Crippen LogP contribution in [0.25, 0.3) is 0 Å². The zero-order valence-electron chi connectivity index (χ0n) is 11.7. The number of carbonyl (C=O) groups is 1. The van der Waals surface area contributed by atoms with Crippen molar-refractivity contribution in [2.45, 2.75) is 32.6 Å². The monoisotopic (exact) mass is 296 g/mol. The minimum Gasteiger partial charge on any atom is -0.493 e. The Bertz CT molecular complexity index is 590. The van der Waals surface area contributed by atoms with Gasteiger partial charge >= 0.3 is 0 Å². The lowest BCUT2D eigenvalue weighted by molar-refractivity contribution is 0.0971. The molecule has 0 saturated heterocycles. The van der Waals surface area contributed by atoms with E-state index in [4.69, 9.17) is 4.74 Å².